The second-order valence-corrected chi connectivity index (χ2v) is 6.86. The predicted octanol–water partition coefficient (Wildman–Crippen LogP) is 4.76. The third kappa shape index (κ3) is 4.08. The van der Waals surface area contributed by atoms with Crippen LogP contribution in [0.5, 0.6) is 0 Å². The predicted molar refractivity (Wildman–Crippen MR) is 109 cm³/mol. The zero-order valence-electron chi connectivity index (χ0n) is 15.3. The van der Waals surface area contributed by atoms with E-state index < -0.39 is 11.9 Å². The summed E-state index contributed by atoms with van der Waals surface area (Å²) in [6.45, 7) is 0.248. The molecule has 0 radical (unpaired) electrons. The SMILES string of the molecule is O=C(NCC#Cc1cc(Cl)ncc1F)OCC1c2ccccc2-c2ccccc21. The zero-order chi connectivity index (χ0) is 20.2. The standard InChI is InChI=1S/C23H16ClFN2O2/c24-22-12-15(21(25)13-27-22)6-5-11-26-23(28)29-14-20-18-9-3-1-7-16(18)17-8-2-4-10-19(17)20/h1-4,7-10,12-13,20H,11,14H2,(H,26,28). The van der Waals surface area contributed by atoms with Crippen LogP contribution in [0.3, 0.4) is 0 Å². The number of hydrogen-bond acceptors (Lipinski definition) is 3. The van der Waals surface area contributed by atoms with Crippen molar-refractivity contribution in [3.63, 3.8) is 0 Å². The Kier molecular flexibility index (Phi) is 5.46. The lowest BCUT2D eigenvalue weighted by atomic mass is 9.98. The molecule has 1 heterocycles. The number of halogens is 2. The van der Waals surface area contributed by atoms with E-state index in [1.54, 1.807) is 0 Å². The van der Waals surface area contributed by atoms with E-state index in [1.807, 2.05) is 24.3 Å². The van der Waals surface area contributed by atoms with Crippen LogP contribution in [-0.4, -0.2) is 24.2 Å². The average Bonchev–Trinajstić information content (AvgIpc) is 3.06. The maximum atomic E-state index is 13.6. The number of fused-ring (bicyclic) bond motifs is 3. The Morgan fingerprint density at radius 1 is 1.14 bits per heavy atom. The first-order valence-corrected chi connectivity index (χ1v) is 9.40. The molecular weight excluding hydrogens is 391 g/mol. The largest absolute Gasteiger partial charge is 0.449 e. The number of ether oxygens (including phenoxy) is 1. The van der Waals surface area contributed by atoms with E-state index in [2.05, 4.69) is 46.4 Å². The number of pyridine rings is 1. The van der Waals surface area contributed by atoms with Gasteiger partial charge in [0.1, 0.15) is 11.8 Å². The quantitative estimate of drug-likeness (QED) is 0.503. The molecular formula is C23H16ClFN2O2. The molecule has 0 atom stereocenters. The smallest absolute Gasteiger partial charge is 0.407 e. The first-order chi connectivity index (χ1) is 14.1. The Morgan fingerprint density at radius 2 is 1.79 bits per heavy atom. The van der Waals surface area contributed by atoms with Gasteiger partial charge < -0.3 is 10.1 Å². The molecule has 0 spiro atoms. The van der Waals surface area contributed by atoms with E-state index in [9.17, 15) is 9.18 Å². The number of benzene rings is 2. The summed E-state index contributed by atoms with van der Waals surface area (Å²) < 4.78 is 19.0. The van der Waals surface area contributed by atoms with Crippen LogP contribution < -0.4 is 5.32 Å². The Bertz CT molecular complexity index is 1090. The normalized spacial score (nSPS) is 11.8. The number of carbonyl (C=O) groups excluding carboxylic acids is 1. The highest BCUT2D eigenvalue weighted by Gasteiger charge is 2.28. The van der Waals surface area contributed by atoms with Gasteiger partial charge in [-0.15, -0.1) is 0 Å². The van der Waals surface area contributed by atoms with Gasteiger partial charge >= 0.3 is 6.09 Å². The molecule has 1 N–H and O–H groups in total. The summed E-state index contributed by atoms with van der Waals surface area (Å²) in [7, 11) is 0. The van der Waals surface area contributed by atoms with Crippen molar-refractivity contribution < 1.29 is 13.9 Å². The number of amides is 1. The Labute approximate surface area is 172 Å². The van der Waals surface area contributed by atoms with Gasteiger partial charge in [0, 0.05) is 5.92 Å². The van der Waals surface area contributed by atoms with Gasteiger partial charge in [-0.25, -0.2) is 14.2 Å². The third-order valence-electron chi connectivity index (χ3n) is 4.71. The average molecular weight is 407 g/mol. The molecule has 1 amide bonds. The number of nitrogens with zero attached hydrogens (tertiary/aromatic N) is 1. The highest BCUT2D eigenvalue weighted by Crippen LogP contribution is 2.44. The van der Waals surface area contributed by atoms with E-state index >= 15 is 0 Å². The van der Waals surface area contributed by atoms with Crippen molar-refractivity contribution in [1.82, 2.24) is 10.3 Å². The van der Waals surface area contributed by atoms with Gasteiger partial charge in [0.15, 0.2) is 5.82 Å². The molecule has 29 heavy (non-hydrogen) atoms. The molecule has 144 valence electrons. The van der Waals surface area contributed by atoms with Crippen molar-refractivity contribution in [2.24, 2.45) is 0 Å². The van der Waals surface area contributed by atoms with Crippen molar-refractivity contribution >= 4 is 17.7 Å². The molecule has 4 rings (SSSR count). The molecule has 3 aromatic rings. The molecule has 1 aliphatic rings. The minimum absolute atomic E-state index is 0.00714. The molecule has 0 saturated heterocycles. The number of aromatic nitrogens is 1. The van der Waals surface area contributed by atoms with Crippen LogP contribution in [0.4, 0.5) is 9.18 Å². The summed E-state index contributed by atoms with van der Waals surface area (Å²) >= 11 is 5.72. The van der Waals surface area contributed by atoms with Gasteiger partial charge in [-0.3, -0.25) is 0 Å². The van der Waals surface area contributed by atoms with Crippen molar-refractivity contribution in [2.75, 3.05) is 13.2 Å². The van der Waals surface area contributed by atoms with Crippen LogP contribution in [-0.2, 0) is 4.74 Å². The molecule has 0 bridgehead atoms. The molecule has 2 aromatic carbocycles. The fourth-order valence-corrected chi connectivity index (χ4v) is 3.57. The molecule has 1 aliphatic carbocycles. The first kappa shape index (κ1) is 19.0. The fourth-order valence-electron chi connectivity index (χ4n) is 3.41. The minimum atomic E-state index is -0.575. The van der Waals surface area contributed by atoms with E-state index in [-0.39, 0.29) is 29.8 Å². The van der Waals surface area contributed by atoms with Crippen LogP contribution in [0.25, 0.3) is 11.1 Å². The van der Waals surface area contributed by atoms with Crippen LogP contribution in [0.1, 0.15) is 22.6 Å². The van der Waals surface area contributed by atoms with Crippen molar-refractivity contribution in [1.29, 1.82) is 0 Å². The monoisotopic (exact) mass is 406 g/mol. The van der Waals surface area contributed by atoms with Gasteiger partial charge in [-0.2, -0.15) is 0 Å². The van der Waals surface area contributed by atoms with Crippen molar-refractivity contribution in [3.05, 3.63) is 88.5 Å². The van der Waals surface area contributed by atoms with Crippen molar-refractivity contribution in [3.8, 4) is 23.0 Å². The number of carbonyl (C=O) groups is 1. The summed E-state index contributed by atoms with van der Waals surface area (Å²) in [6.07, 6.45) is 0.431. The van der Waals surface area contributed by atoms with Crippen molar-refractivity contribution in [2.45, 2.75) is 5.92 Å². The molecule has 0 saturated carbocycles. The van der Waals surface area contributed by atoms with Gasteiger partial charge in [-0.05, 0) is 28.3 Å². The maximum absolute atomic E-state index is 13.6. The van der Waals surface area contributed by atoms with E-state index in [1.165, 1.54) is 17.2 Å². The molecule has 4 nitrogen and oxygen atoms in total. The highest BCUT2D eigenvalue weighted by atomic mass is 35.5. The Balaban J connectivity index is 1.36. The van der Waals surface area contributed by atoms with E-state index in [0.29, 0.717) is 0 Å². The lowest BCUT2D eigenvalue weighted by Gasteiger charge is -2.14. The lowest BCUT2D eigenvalue weighted by Crippen LogP contribution is -2.26. The van der Waals surface area contributed by atoms with Gasteiger partial charge in [0.05, 0.1) is 18.3 Å². The second-order valence-electron chi connectivity index (χ2n) is 6.47. The number of rotatable bonds is 3. The second kappa shape index (κ2) is 8.34. The minimum Gasteiger partial charge on any atom is -0.449 e. The van der Waals surface area contributed by atoms with Crippen LogP contribution in [0, 0.1) is 17.7 Å². The Morgan fingerprint density at radius 3 is 2.48 bits per heavy atom. The van der Waals surface area contributed by atoms with Crippen LogP contribution in [0.2, 0.25) is 5.15 Å². The molecule has 0 aliphatic heterocycles. The van der Waals surface area contributed by atoms with Crippen LogP contribution >= 0.6 is 11.6 Å². The lowest BCUT2D eigenvalue weighted by molar-refractivity contribution is 0.144. The zero-order valence-corrected chi connectivity index (χ0v) is 16.0. The molecule has 6 heteroatoms. The van der Waals surface area contributed by atoms with E-state index in [4.69, 9.17) is 16.3 Å². The molecule has 0 unspecified atom stereocenters. The summed E-state index contributed by atoms with van der Waals surface area (Å²) in [5.74, 6) is 4.71. The summed E-state index contributed by atoms with van der Waals surface area (Å²) in [5, 5.41) is 2.71. The fraction of sp³-hybridized carbons (Fsp3) is 0.130. The number of nitrogens with one attached hydrogen (secondary N) is 1. The third-order valence-corrected chi connectivity index (χ3v) is 4.92. The number of alkyl carbamates (subject to hydrolysis) is 1. The topological polar surface area (TPSA) is 51.2 Å². The van der Waals surface area contributed by atoms with Crippen LogP contribution in [0.15, 0.2) is 60.8 Å². The van der Waals surface area contributed by atoms with E-state index in [0.717, 1.165) is 17.3 Å². The summed E-state index contributed by atoms with van der Waals surface area (Å²) in [5.41, 5.74) is 4.75. The number of hydrogen-bond donors (Lipinski definition) is 1. The molecule has 1 aromatic heterocycles. The highest BCUT2D eigenvalue weighted by molar-refractivity contribution is 6.29. The Hall–Kier alpha value is -3.36. The maximum Gasteiger partial charge on any atom is 0.407 e. The summed E-state index contributed by atoms with van der Waals surface area (Å²) in [4.78, 5) is 15.7. The van der Waals surface area contributed by atoms with Gasteiger partial charge in [0.2, 0.25) is 0 Å². The van der Waals surface area contributed by atoms with Gasteiger partial charge in [0.25, 0.3) is 0 Å². The van der Waals surface area contributed by atoms with Gasteiger partial charge in [-0.1, -0.05) is 72.0 Å². The summed E-state index contributed by atoms with van der Waals surface area (Å²) in [6, 6.07) is 17.6. The first-order valence-electron chi connectivity index (χ1n) is 9.02. The molecule has 0 fully saturated rings.